The summed E-state index contributed by atoms with van der Waals surface area (Å²) < 4.78 is 5.42. The van der Waals surface area contributed by atoms with Crippen LogP contribution in [0, 0.1) is 5.21 Å². The third kappa shape index (κ3) is 2.00. The van der Waals surface area contributed by atoms with E-state index in [9.17, 15) is 5.21 Å². The van der Waals surface area contributed by atoms with Crippen LogP contribution in [0.15, 0.2) is 22.8 Å². The second-order valence-corrected chi connectivity index (χ2v) is 3.34. The van der Waals surface area contributed by atoms with Crippen molar-refractivity contribution in [3.8, 4) is 0 Å². The van der Waals surface area contributed by atoms with Gasteiger partial charge >= 0.3 is 5.95 Å². The second-order valence-electron chi connectivity index (χ2n) is 3.34. The quantitative estimate of drug-likeness (QED) is 0.421. The number of nitrogens with zero attached hydrogens (tertiary/aromatic N) is 2. The molecular formula is C9H12N6O2. The van der Waals surface area contributed by atoms with Gasteiger partial charge in [0.05, 0.1) is 12.8 Å². The predicted octanol–water partition coefficient (Wildman–Crippen LogP) is -0.333. The summed E-state index contributed by atoms with van der Waals surface area (Å²) >= 11 is 0. The van der Waals surface area contributed by atoms with E-state index in [1.54, 1.807) is 18.4 Å². The molecule has 0 saturated heterocycles. The van der Waals surface area contributed by atoms with Gasteiger partial charge in [-0.05, 0) is 12.1 Å². The van der Waals surface area contributed by atoms with E-state index in [1.807, 2.05) is 0 Å². The van der Waals surface area contributed by atoms with Gasteiger partial charge in [0.15, 0.2) is 5.69 Å². The highest BCUT2D eigenvalue weighted by molar-refractivity contribution is 5.72. The third-order valence-electron chi connectivity index (χ3n) is 2.19. The number of rotatable bonds is 3. The van der Waals surface area contributed by atoms with E-state index in [1.165, 1.54) is 0 Å². The number of nitrogen functional groups attached to an aromatic ring is 3. The van der Waals surface area contributed by atoms with Gasteiger partial charge in [-0.1, -0.05) is 4.98 Å². The largest absolute Gasteiger partial charge is 0.754 e. The second kappa shape index (κ2) is 4.08. The molecule has 0 atom stereocenters. The molecule has 0 bridgehead atoms. The van der Waals surface area contributed by atoms with Crippen LogP contribution in [0.4, 0.5) is 23.3 Å². The molecule has 0 aromatic carbocycles. The zero-order chi connectivity index (χ0) is 12.4. The van der Waals surface area contributed by atoms with E-state index in [2.05, 4.69) is 10.3 Å². The minimum atomic E-state index is -0.288. The third-order valence-corrected chi connectivity index (χ3v) is 2.19. The standard InChI is InChI=1S/C9H12N6O2/c10-7-6(8(11)15(16)9(12)14-7)13-4-5-2-1-3-17-5/h1-3,13H,4,11H2,(H4,10,12,14). The average Bonchev–Trinajstić information content (AvgIpc) is 2.79. The number of hydrogen-bond acceptors (Lipinski definition) is 7. The Morgan fingerprint density at radius 3 is 2.82 bits per heavy atom. The minimum absolute atomic E-state index is 0.0682. The average molecular weight is 236 g/mol. The van der Waals surface area contributed by atoms with Crippen molar-refractivity contribution < 1.29 is 9.15 Å². The van der Waals surface area contributed by atoms with Crippen molar-refractivity contribution in [2.75, 3.05) is 22.5 Å². The van der Waals surface area contributed by atoms with E-state index in [4.69, 9.17) is 21.6 Å². The smallest absolute Gasteiger partial charge is 0.346 e. The van der Waals surface area contributed by atoms with Crippen LogP contribution in [0.3, 0.4) is 0 Å². The predicted molar refractivity (Wildman–Crippen MR) is 62.5 cm³/mol. The van der Waals surface area contributed by atoms with Crippen LogP contribution in [0.25, 0.3) is 0 Å². The lowest BCUT2D eigenvalue weighted by atomic mass is 10.4. The first-order valence-electron chi connectivity index (χ1n) is 4.80. The maximum atomic E-state index is 11.4. The SMILES string of the molecule is Nc1nc(N)[n+]([O-])c(N)c1NCc1ccco1. The molecule has 0 aliphatic rings. The van der Waals surface area contributed by atoms with Crippen LogP contribution in [0.1, 0.15) is 5.76 Å². The fourth-order valence-electron chi connectivity index (χ4n) is 1.35. The van der Waals surface area contributed by atoms with Crippen LogP contribution >= 0.6 is 0 Å². The molecule has 0 fully saturated rings. The Labute approximate surface area is 96.6 Å². The highest BCUT2D eigenvalue weighted by Crippen LogP contribution is 2.22. The van der Waals surface area contributed by atoms with Gasteiger partial charge in [-0.15, -0.1) is 0 Å². The Bertz CT molecular complexity index is 525. The lowest BCUT2D eigenvalue weighted by Gasteiger charge is -2.14. The Hall–Kier alpha value is -2.64. The van der Waals surface area contributed by atoms with Crippen molar-refractivity contribution in [1.82, 2.24) is 4.98 Å². The molecule has 0 aliphatic heterocycles. The molecule has 90 valence electrons. The number of anilines is 4. The van der Waals surface area contributed by atoms with Gasteiger partial charge in [-0.3, -0.25) is 0 Å². The van der Waals surface area contributed by atoms with Gasteiger partial charge in [-0.25, -0.2) is 4.73 Å². The Morgan fingerprint density at radius 1 is 1.41 bits per heavy atom. The molecule has 0 spiro atoms. The van der Waals surface area contributed by atoms with Crippen molar-refractivity contribution in [2.45, 2.75) is 6.54 Å². The maximum absolute atomic E-state index is 11.4. The van der Waals surface area contributed by atoms with Crippen molar-refractivity contribution in [2.24, 2.45) is 0 Å². The lowest BCUT2D eigenvalue weighted by Crippen LogP contribution is -2.36. The lowest BCUT2D eigenvalue weighted by molar-refractivity contribution is -0.576. The molecule has 8 nitrogen and oxygen atoms in total. The zero-order valence-corrected chi connectivity index (χ0v) is 8.88. The Morgan fingerprint density at radius 2 is 2.18 bits per heavy atom. The molecule has 0 saturated carbocycles. The van der Waals surface area contributed by atoms with Gasteiger partial charge in [0.25, 0.3) is 0 Å². The van der Waals surface area contributed by atoms with Crippen LogP contribution in [-0.2, 0) is 6.54 Å². The van der Waals surface area contributed by atoms with Gasteiger partial charge in [-0.2, -0.15) is 0 Å². The first-order chi connectivity index (χ1) is 8.09. The number of hydrogen-bond donors (Lipinski definition) is 4. The van der Waals surface area contributed by atoms with Crippen LogP contribution < -0.4 is 27.2 Å². The fraction of sp³-hybridized carbons (Fsp3) is 0.111. The van der Waals surface area contributed by atoms with E-state index < -0.39 is 0 Å². The first-order valence-corrected chi connectivity index (χ1v) is 4.80. The summed E-state index contributed by atoms with van der Waals surface area (Å²) in [4.78, 5) is 3.67. The van der Waals surface area contributed by atoms with Gasteiger partial charge in [0.2, 0.25) is 11.6 Å². The van der Waals surface area contributed by atoms with E-state index in [-0.39, 0.29) is 23.3 Å². The molecule has 0 radical (unpaired) electrons. The summed E-state index contributed by atoms with van der Waals surface area (Å²) in [6, 6.07) is 3.52. The zero-order valence-electron chi connectivity index (χ0n) is 8.88. The minimum Gasteiger partial charge on any atom is -0.754 e. The van der Waals surface area contributed by atoms with Gasteiger partial charge in [0.1, 0.15) is 5.76 Å². The Kier molecular flexibility index (Phi) is 2.61. The summed E-state index contributed by atoms with van der Waals surface area (Å²) in [6.45, 7) is 0.340. The number of nitrogens with one attached hydrogen (secondary N) is 1. The molecule has 0 unspecified atom stereocenters. The molecule has 2 aromatic rings. The Balaban J connectivity index is 2.24. The summed E-state index contributed by atoms with van der Waals surface area (Å²) in [5.74, 6) is 0.335. The fourth-order valence-corrected chi connectivity index (χ4v) is 1.35. The number of furan rings is 1. The number of nitrogens with two attached hydrogens (primary N) is 3. The molecule has 17 heavy (non-hydrogen) atoms. The maximum Gasteiger partial charge on any atom is 0.346 e. The molecule has 0 amide bonds. The molecule has 0 aliphatic carbocycles. The molecular weight excluding hydrogens is 224 g/mol. The van der Waals surface area contributed by atoms with E-state index >= 15 is 0 Å². The molecule has 7 N–H and O–H groups in total. The highest BCUT2D eigenvalue weighted by atomic mass is 16.5. The van der Waals surface area contributed by atoms with Gasteiger partial charge in [0, 0.05) is 0 Å². The molecule has 2 aromatic heterocycles. The first kappa shape index (κ1) is 10.9. The topological polar surface area (TPSA) is 143 Å². The normalized spacial score (nSPS) is 10.4. The van der Waals surface area contributed by atoms with Crippen molar-refractivity contribution in [1.29, 1.82) is 0 Å². The highest BCUT2D eigenvalue weighted by Gasteiger charge is 2.15. The van der Waals surface area contributed by atoms with Crippen LogP contribution in [0.5, 0.6) is 0 Å². The summed E-state index contributed by atoms with van der Waals surface area (Å²) in [6.07, 6.45) is 1.54. The van der Waals surface area contributed by atoms with E-state index in [0.29, 0.717) is 17.0 Å². The van der Waals surface area contributed by atoms with E-state index in [0.717, 1.165) is 0 Å². The summed E-state index contributed by atoms with van der Waals surface area (Å²) in [5, 5.41) is 14.3. The molecule has 8 heteroatoms. The van der Waals surface area contributed by atoms with Gasteiger partial charge < -0.3 is 32.1 Å². The van der Waals surface area contributed by atoms with Crippen molar-refractivity contribution in [3.63, 3.8) is 0 Å². The molecule has 2 rings (SSSR count). The monoisotopic (exact) mass is 236 g/mol. The summed E-state index contributed by atoms with van der Waals surface area (Å²) in [5.41, 5.74) is 16.8. The number of aromatic nitrogens is 2. The summed E-state index contributed by atoms with van der Waals surface area (Å²) in [7, 11) is 0. The van der Waals surface area contributed by atoms with Crippen LogP contribution in [0.2, 0.25) is 0 Å². The molecule has 2 heterocycles. The van der Waals surface area contributed by atoms with Crippen molar-refractivity contribution >= 4 is 23.3 Å². The van der Waals surface area contributed by atoms with Crippen molar-refractivity contribution in [3.05, 3.63) is 29.4 Å². The van der Waals surface area contributed by atoms with Crippen LogP contribution in [-0.4, -0.2) is 4.98 Å².